The number of hydrogen-bond donors (Lipinski definition) is 0. The van der Waals surface area contributed by atoms with Crippen LogP contribution in [0.25, 0.3) is 0 Å². The van der Waals surface area contributed by atoms with E-state index in [1.54, 1.807) is 0 Å². The van der Waals surface area contributed by atoms with Crippen LogP contribution in [0.5, 0.6) is 0 Å². The first-order valence-corrected chi connectivity index (χ1v) is 5.22. The van der Waals surface area contributed by atoms with Gasteiger partial charge in [-0.1, -0.05) is 36.8 Å². The van der Waals surface area contributed by atoms with Gasteiger partial charge in [-0.25, -0.2) is 0 Å². The molecule has 0 bridgehead atoms. The highest BCUT2D eigenvalue weighted by molar-refractivity contribution is 6.44. The predicted octanol–water partition coefficient (Wildman–Crippen LogP) is 2.15. The van der Waals surface area contributed by atoms with Crippen LogP contribution in [-0.4, -0.2) is 20.3 Å². The van der Waals surface area contributed by atoms with Crippen LogP contribution in [-0.2, 0) is 15.7 Å². The fourth-order valence-corrected chi connectivity index (χ4v) is 1.69. The molecule has 1 aliphatic heterocycles. The molecule has 0 unspecified atom stereocenters. The van der Waals surface area contributed by atoms with E-state index in [1.165, 1.54) is 5.56 Å². The van der Waals surface area contributed by atoms with Gasteiger partial charge in [0.1, 0.15) is 0 Å². The van der Waals surface area contributed by atoms with E-state index in [-0.39, 0.29) is 7.12 Å². The van der Waals surface area contributed by atoms with E-state index in [0.29, 0.717) is 0 Å². The van der Waals surface area contributed by atoms with Crippen LogP contribution >= 0.6 is 0 Å². The van der Waals surface area contributed by atoms with Gasteiger partial charge in [-0.2, -0.15) is 0 Å². The van der Waals surface area contributed by atoms with E-state index in [1.807, 2.05) is 6.07 Å². The number of aryl methyl sites for hydroxylation is 1. The number of hydrogen-bond acceptors (Lipinski definition) is 2. The zero-order chi connectivity index (χ0) is 9.64. The summed E-state index contributed by atoms with van der Waals surface area (Å²) in [6.45, 7) is 1.52. The van der Waals surface area contributed by atoms with Crippen molar-refractivity contribution in [3.63, 3.8) is 0 Å². The Kier molecular flexibility index (Phi) is 3.60. The molecule has 0 amide bonds. The Morgan fingerprint density at radius 1 is 1.07 bits per heavy atom. The molecule has 0 aliphatic carbocycles. The van der Waals surface area contributed by atoms with Crippen LogP contribution < -0.4 is 0 Å². The van der Waals surface area contributed by atoms with Gasteiger partial charge in [0.05, 0.1) is 13.2 Å². The Labute approximate surface area is 85.4 Å². The quantitative estimate of drug-likeness (QED) is 0.677. The predicted molar refractivity (Wildman–Crippen MR) is 57.2 cm³/mol. The van der Waals surface area contributed by atoms with Gasteiger partial charge >= 0.3 is 7.12 Å². The zero-order valence-corrected chi connectivity index (χ0v) is 8.32. The molecular formula is C11H15BO2. The van der Waals surface area contributed by atoms with Crippen molar-refractivity contribution in [1.29, 1.82) is 0 Å². The Morgan fingerprint density at radius 3 is 2.50 bits per heavy atom. The molecular weight excluding hydrogens is 175 g/mol. The lowest BCUT2D eigenvalue weighted by molar-refractivity contribution is 0.365. The van der Waals surface area contributed by atoms with E-state index >= 15 is 0 Å². The maximum Gasteiger partial charge on any atom is 0.457 e. The highest BCUT2D eigenvalue weighted by Gasteiger charge is 2.22. The van der Waals surface area contributed by atoms with Gasteiger partial charge in [-0.05, 0) is 18.3 Å². The molecule has 2 nitrogen and oxygen atoms in total. The largest absolute Gasteiger partial charge is 0.457 e. The first kappa shape index (κ1) is 9.75. The van der Waals surface area contributed by atoms with Gasteiger partial charge in [-0.3, -0.25) is 0 Å². The molecule has 1 aromatic carbocycles. The molecule has 14 heavy (non-hydrogen) atoms. The smallest absolute Gasteiger partial charge is 0.409 e. The molecule has 0 saturated carbocycles. The van der Waals surface area contributed by atoms with Gasteiger partial charge in [-0.15, -0.1) is 0 Å². The van der Waals surface area contributed by atoms with Gasteiger partial charge in [0.2, 0.25) is 0 Å². The normalized spacial score (nSPS) is 16.1. The van der Waals surface area contributed by atoms with Crippen molar-refractivity contribution in [1.82, 2.24) is 0 Å². The van der Waals surface area contributed by atoms with Crippen molar-refractivity contribution in [2.75, 3.05) is 13.2 Å². The van der Waals surface area contributed by atoms with Crippen molar-refractivity contribution in [2.45, 2.75) is 19.2 Å². The second-order valence-corrected chi connectivity index (χ2v) is 3.55. The van der Waals surface area contributed by atoms with Crippen molar-refractivity contribution in [3.8, 4) is 0 Å². The molecule has 3 heteroatoms. The molecule has 1 heterocycles. The Balaban J connectivity index is 1.67. The standard InChI is InChI=1S/C11H15BO2/c1-2-5-11(6-3-1)7-4-8-12-13-9-10-14-12/h1-3,5-6H,4,7-10H2. The van der Waals surface area contributed by atoms with Crippen LogP contribution in [0.4, 0.5) is 0 Å². The van der Waals surface area contributed by atoms with Gasteiger partial charge < -0.3 is 9.31 Å². The third-order valence-electron chi connectivity index (χ3n) is 2.44. The third-order valence-corrected chi connectivity index (χ3v) is 2.44. The van der Waals surface area contributed by atoms with Crippen molar-refractivity contribution < 1.29 is 9.31 Å². The van der Waals surface area contributed by atoms with Crippen molar-refractivity contribution in [3.05, 3.63) is 35.9 Å². The van der Waals surface area contributed by atoms with Crippen LogP contribution in [0.3, 0.4) is 0 Å². The molecule has 0 spiro atoms. The van der Waals surface area contributed by atoms with Crippen molar-refractivity contribution in [2.24, 2.45) is 0 Å². The minimum Gasteiger partial charge on any atom is -0.409 e. The lowest BCUT2D eigenvalue weighted by Crippen LogP contribution is -2.13. The Morgan fingerprint density at radius 2 is 1.79 bits per heavy atom. The number of rotatable bonds is 4. The Bertz CT molecular complexity index is 257. The first-order valence-electron chi connectivity index (χ1n) is 5.22. The summed E-state index contributed by atoms with van der Waals surface area (Å²) in [5.41, 5.74) is 1.39. The molecule has 0 aromatic heterocycles. The summed E-state index contributed by atoms with van der Waals surface area (Å²) >= 11 is 0. The lowest BCUT2D eigenvalue weighted by Gasteiger charge is -2.03. The molecule has 0 atom stereocenters. The summed E-state index contributed by atoms with van der Waals surface area (Å²) < 4.78 is 10.7. The molecule has 1 aromatic rings. The minimum absolute atomic E-state index is 0.0544. The second-order valence-electron chi connectivity index (χ2n) is 3.55. The van der Waals surface area contributed by atoms with Gasteiger partial charge in [0.25, 0.3) is 0 Å². The van der Waals surface area contributed by atoms with E-state index in [4.69, 9.17) is 9.31 Å². The molecule has 74 valence electrons. The zero-order valence-electron chi connectivity index (χ0n) is 8.32. The SMILES string of the molecule is c1ccc(CCCB2OCCO2)cc1. The van der Waals surface area contributed by atoms with E-state index in [9.17, 15) is 0 Å². The monoisotopic (exact) mass is 190 g/mol. The molecule has 0 N–H and O–H groups in total. The number of benzene rings is 1. The van der Waals surface area contributed by atoms with E-state index in [0.717, 1.165) is 32.4 Å². The first-order chi connectivity index (χ1) is 6.95. The Hall–Kier alpha value is -0.795. The van der Waals surface area contributed by atoms with Crippen LogP contribution in [0.2, 0.25) is 6.32 Å². The summed E-state index contributed by atoms with van der Waals surface area (Å²) in [6.07, 6.45) is 3.26. The maximum atomic E-state index is 5.37. The average molecular weight is 190 g/mol. The summed E-state index contributed by atoms with van der Waals surface area (Å²) in [4.78, 5) is 0. The summed E-state index contributed by atoms with van der Waals surface area (Å²) in [7, 11) is 0.0544. The summed E-state index contributed by atoms with van der Waals surface area (Å²) in [5, 5.41) is 0. The topological polar surface area (TPSA) is 18.5 Å². The average Bonchev–Trinajstić information content (AvgIpc) is 2.72. The molecule has 2 rings (SSSR count). The molecule has 1 fully saturated rings. The molecule has 0 radical (unpaired) electrons. The lowest BCUT2D eigenvalue weighted by atomic mass is 9.82. The van der Waals surface area contributed by atoms with Crippen LogP contribution in [0, 0.1) is 0 Å². The second kappa shape index (κ2) is 5.18. The van der Waals surface area contributed by atoms with E-state index in [2.05, 4.69) is 24.3 Å². The van der Waals surface area contributed by atoms with Crippen molar-refractivity contribution >= 4 is 7.12 Å². The van der Waals surface area contributed by atoms with Crippen LogP contribution in [0.15, 0.2) is 30.3 Å². The highest BCUT2D eigenvalue weighted by atomic mass is 16.6. The summed E-state index contributed by atoms with van der Waals surface area (Å²) in [6, 6.07) is 10.5. The van der Waals surface area contributed by atoms with Gasteiger partial charge in [0.15, 0.2) is 0 Å². The molecule has 1 saturated heterocycles. The fourth-order valence-electron chi connectivity index (χ4n) is 1.69. The fraction of sp³-hybridized carbons (Fsp3) is 0.455. The van der Waals surface area contributed by atoms with Gasteiger partial charge in [0, 0.05) is 0 Å². The van der Waals surface area contributed by atoms with E-state index < -0.39 is 0 Å². The maximum absolute atomic E-state index is 5.37. The summed E-state index contributed by atoms with van der Waals surface area (Å²) in [5.74, 6) is 0. The minimum atomic E-state index is 0.0544. The highest BCUT2D eigenvalue weighted by Crippen LogP contribution is 2.10. The third kappa shape index (κ3) is 2.86. The van der Waals surface area contributed by atoms with Crippen LogP contribution in [0.1, 0.15) is 12.0 Å². The molecule has 1 aliphatic rings.